The number of benzene rings is 2. The number of hydrogen-bond donors (Lipinski definition) is 2. The number of carbonyl (C=O) groups excluding carboxylic acids is 2. The van der Waals surface area contributed by atoms with Crippen molar-refractivity contribution in [1.29, 1.82) is 0 Å². The molecule has 7 heteroatoms. The van der Waals surface area contributed by atoms with Crippen LogP contribution in [0.25, 0.3) is 11.1 Å². The predicted octanol–water partition coefficient (Wildman–Crippen LogP) is 4.55. The molecule has 1 saturated heterocycles. The number of likely N-dealkylation sites (tertiary alicyclic amines) is 1. The lowest BCUT2D eigenvalue weighted by Crippen LogP contribution is -2.54. The van der Waals surface area contributed by atoms with E-state index in [0.29, 0.717) is 25.3 Å². The van der Waals surface area contributed by atoms with E-state index in [1.807, 2.05) is 24.3 Å². The van der Waals surface area contributed by atoms with Gasteiger partial charge in [0.25, 0.3) is 0 Å². The fourth-order valence-corrected chi connectivity index (χ4v) is 5.60. The van der Waals surface area contributed by atoms with Gasteiger partial charge in [0.05, 0.1) is 6.42 Å². The smallest absolute Gasteiger partial charge is 0.407 e. The first-order chi connectivity index (χ1) is 17.0. The van der Waals surface area contributed by atoms with Crippen molar-refractivity contribution in [3.63, 3.8) is 0 Å². The van der Waals surface area contributed by atoms with Crippen LogP contribution in [0.3, 0.4) is 0 Å². The SMILES string of the molecule is O=C(O)CC1CCCCN1C(=O)[C@H](CC1CC1)NC(=O)OCC1c2ccccc2-c2ccccc21. The number of piperidine rings is 1. The van der Waals surface area contributed by atoms with E-state index in [1.165, 1.54) is 0 Å². The summed E-state index contributed by atoms with van der Waals surface area (Å²) in [7, 11) is 0. The van der Waals surface area contributed by atoms with Crippen LogP contribution in [-0.4, -0.2) is 53.2 Å². The van der Waals surface area contributed by atoms with E-state index in [0.717, 1.165) is 47.9 Å². The van der Waals surface area contributed by atoms with Crippen LogP contribution in [0, 0.1) is 5.92 Å². The molecule has 5 rings (SSSR count). The van der Waals surface area contributed by atoms with E-state index >= 15 is 0 Å². The quantitative estimate of drug-likeness (QED) is 0.583. The number of fused-ring (bicyclic) bond motifs is 3. The van der Waals surface area contributed by atoms with Gasteiger partial charge in [0, 0.05) is 18.5 Å². The molecule has 0 bridgehead atoms. The fourth-order valence-electron chi connectivity index (χ4n) is 5.60. The van der Waals surface area contributed by atoms with Gasteiger partial charge in [0.2, 0.25) is 5.91 Å². The second-order valence-electron chi connectivity index (χ2n) is 9.98. The van der Waals surface area contributed by atoms with Gasteiger partial charge in [0.15, 0.2) is 0 Å². The first-order valence-corrected chi connectivity index (χ1v) is 12.6. The Morgan fingerprint density at radius 2 is 1.63 bits per heavy atom. The van der Waals surface area contributed by atoms with Crippen molar-refractivity contribution in [1.82, 2.24) is 10.2 Å². The standard InChI is InChI=1S/C28H32N2O5/c31-26(32)16-19-7-5-6-14-30(19)27(33)25(15-18-12-13-18)29-28(34)35-17-24-22-10-3-1-8-20(22)21-9-2-4-11-23(21)24/h1-4,8-11,18-19,24-25H,5-7,12-17H2,(H,29,34)(H,31,32)/t19?,25-/m0/s1. The Morgan fingerprint density at radius 3 is 2.26 bits per heavy atom. The molecule has 1 heterocycles. The molecule has 3 aliphatic rings. The number of amides is 2. The average Bonchev–Trinajstić information content (AvgIpc) is 3.62. The summed E-state index contributed by atoms with van der Waals surface area (Å²) in [5, 5.41) is 12.1. The lowest BCUT2D eigenvalue weighted by molar-refractivity contribution is -0.143. The van der Waals surface area contributed by atoms with Crippen molar-refractivity contribution < 1.29 is 24.2 Å². The third kappa shape index (κ3) is 5.19. The molecular formula is C28H32N2O5. The number of carbonyl (C=O) groups is 3. The molecule has 0 spiro atoms. The molecule has 1 saturated carbocycles. The molecule has 184 valence electrons. The molecule has 0 aromatic heterocycles. The third-order valence-corrected chi connectivity index (χ3v) is 7.52. The molecule has 1 aliphatic heterocycles. The highest BCUT2D eigenvalue weighted by Crippen LogP contribution is 2.44. The van der Waals surface area contributed by atoms with Gasteiger partial charge in [0.1, 0.15) is 12.6 Å². The number of nitrogens with zero attached hydrogens (tertiary/aromatic N) is 1. The summed E-state index contributed by atoms with van der Waals surface area (Å²) in [6, 6.07) is 15.3. The molecule has 1 unspecified atom stereocenters. The van der Waals surface area contributed by atoms with Crippen LogP contribution >= 0.6 is 0 Å². The average molecular weight is 477 g/mol. The highest BCUT2D eigenvalue weighted by molar-refractivity contribution is 5.86. The van der Waals surface area contributed by atoms with Gasteiger partial charge in [-0.25, -0.2) is 4.79 Å². The predicted molar refractivity (Wildman–Crippen MR) is 131 cm³/mol. The summed E-state index contributed by atoms with van der Waals surface area (Å²) in [5.74, 6) is -0.720. The highest BCUT2D eigenvalue weighted by Gasteiger charge is 2.37. The minimum atomic E-state index is -0.905. The Morgan fingerprint density at radius 1 is 0.971 bits per heavy atom. The molecule has 7 nitrogen and oxygen atoms in total. The first kappa shape index (κ1) is 23.4. The number of carboxylic acids is 1. The summed E-state index contributed by atoms with van der Waals surface area (Å²) >= 11 is 0. The van der Waals surface area contributed by atoms with Crippen molar-refractivity contribution in [2.75, 3.05) is 13.2 Å². The maximum atomic E-state index is 13.4. The number of alkyl carbamates (subject to hydrolysis) is 1. The van der Waals surface area contributed by atoms with Crippen LogP contribution < -0.4 is 5.32 Å². The Labute approximate surface area is 205 Å². The van der Waals surface area contributed by atoms with Gasteiger partial charge < -0.3 is 20.1 Å². The molecule has 0 radical (unpaired) electrons. The topological polar surface area (TPSA) is 95.9 Å². The summed E-state index contributed by atoms with van der Waals surface area (Å²) in [6.07, 6.45) is 4.45. The molecule has 35 heavy (non-hydrogen) atoms. The Kier molecular flexibility index (Phi) is 6.75. The van der Waals surface area contributed by atoms with E-state index in [4.69, 9.17) is 4.74 Å². The third-order valence-electron chi connectivity index (χ3n) is 7.52. The molecule has 2 fully saturated rings. The zero-order valence-electron chi connectivity index (χ0n) is 19.8. The van der Waals surface area contributed by atoms with Crippen LogP contribution in [0.1, 0.15) is 62.0 Å². The Hall–Kier alpha value is -3.35. The Bertz CT molecular complexity index is 1070. The Balaban J connectivity index is 1.26. The second-order valence-corrected chi connectivity index (χ2v) is 9.98. The van der Waals surface area contributed by atoms with Crippen molar-refractivity contribution in [2.24, 2.45) is 5.92 Å². The van der Waals surface area contributed by atoms with Crippen molar-refractivity contribution >= 4 is 18.0 Å². The molecular weight excluding hydrogens is 444 g/mol. The van der Waals surface area contributed by atoms with Crippen LogP contribution in [0.4, 0.5) is 4.79 Å². The minimum absolute atomic E-state index is 0.0484. The van der Waals surface area contributed by atoms with Crippen LogP contribution in [-0.2, 0) is 14.3 Å². The molecule has 2 amide bonds. The van der Waals surface area contributed by atoms with Gasteiger partial charge in [-0.15, -0.1) is 0 Å². The van der Waals surface area contributed by atoms with Crippen LogP contribution in [0.5, 0.6) is 0 Å². The van der Waals surface area contributed by atoms with Crippen molar-refractivity contribution in [3.05, 3.63) is 59.7 Å². The number of nitrogens with one attached hydrogen (secondary N) is 1. The number of carboxylic acid groups (broad SMARTS) is 1. The molecule has 2 aromatic rings. The summed E-state index contributed by atoms with van der Waals surface area (Å²) in [6.45, 7) is 0.722. The van der Waals surface area contributed by atoms with Crippen LogP contribution in [0.15, 0.2) is 48.5 Å². The van der Waals surface area contributed by atoms with Gasteiger partial charge >= 0.3 is 12.1 Å². The monoisotopic (exact) mass is 476 g/mol. The lowest BCUT2D eigenvalue weighted by atomic mass is 9.97. The van der Waals surface area contributed by atoms with E-state index in [9.17, 15) is 19.5 Å². The fraction of sp³-hybridized carbons (Fsp3) is 0.464. The zero-order chi connectivity index (χ0) is 24.4. The maximum absolute atomic E-state index is 13.4. The van der Waals surface area contributed by atoms with Crippen LogP contribution in [0.2, 0.25) is 0 Å². The largest absolute Gasteiger partial charge is 0.481 e. The van der Waals surface area contributed by atoms with Gasteiger partial charge in [-0.2, -0.15) is 0 Å². The van der Waals surface area contributed by atoms with Crippen molar-refractivity contribution in [2.45, 2.75) is 62.9 Å². The summed E-state index contributed by atoms with van der Waals surface area (Å²) in [4.78, 5) is 39.3. The maximum Gasteiger partial charge on any atom is 0.407 e. The summed E-state index contributed by atoms with van der Waals surface area (Å²) < 4.78 is 5.69. The molecule has 2 atom stereocenters. The normalized spacial score (nSPS) is 20.0. The second kappa shape index (κ2) is 10.1. The number of aliphatic carboxylic acids is 1. The lowest BCUT2D eigenvalue weighted by Gasteiger charge is -2.37. The van der Waals surface area contributed by atoms with E-state index < -0.39 is 18.1 Å². The minimum Gasteiger partial charge on any atom is -0.481 e. The van der Waals surface area contributed by atoms with E-state index in [-0.39, 0.29) is 30.9 Å². The van der Waals surface area contributed by atoms with Gasteiger partial charge in [-0.3, -0.25) is 9.59 Å². The molecule has 2 aromatic carbocycles. The molecule has 2 aliphatic carbocycles. The first-order valence-electron chi connectivity index (χ1n) is 12.6. The van der Waals surface area contributed by atoms with Crippen molar-refractivity contribution in [3.8, 4) is 11.1 Å². The van der Waals surface area contributed by atoms with E-state index in [1.54, 1.807) is 4.90 Å². The van der Waals surface area contributed by atoms with E-state index in [2.05, 4.69) is 29.6 Å². The number of ether oxygens (including phenoxy) is 1. The number of hydrogen-bond acceptors (Lipinski definition) is 4. The summed E-state index contributed by atoms with van der Waals surface area (Å²) in [5.41, 5.74) is 4.59. The zero-order valence-corrected chi connectivity index (χ0v) is 19.8. The molecule has 2 N–H and O–H groups in total. The van der Waals surface area contributed by atoms with Gasteiger partial charge in [-0.05, 0) is 53.9 Å². The highest BCUT2D eigenvalue weighted by atomic mass is 16.5. The van der Waals surface area contributed by atoms with Gasteiger partial charge in [-0.1, -0.05) is 61.4 Å². The number of rotatable bonds is 8.